The second kappa shape index (κ2) is 11.1. The summed E-state index contributed by atoms with van der Waals surface area (Å²) in [6.07, 6.45) is -2.94. The lowest BCUT2D eigenvalue weighted by Crippen LogP contribution is -2.36. The van der Waals surface area contributed by atoms with Crippen molar-refractivity contribution in [3.05, 3.63) is 53.9 Å². The quantitative estimate of drug-likeness (QED) is 0.346. The zero-order chi connectivity index (χ0) is 30.1. The van der Waals surface area contributed by atoms with Crippen LogP contribution in [0.25, 0.3) is 0 Å². The van der Waals surface area contributed by atoms with Crippen molar-refractivity contribution in [2.45, 2.75) is 41.5 Å². The fourth-order valence-corrected chi connectivity index (χ4v) is 5.30. The first-order valence-corrected chi connectivity index (χ1v) is 14.3. The Balaban J connectivity index is 2.05. The summed E-state index contributed by atoms with van der Waals surface area (Å²) in [4.78, 5) is 26.2. The molecule has 216 valence electrons. The van der Waals surface area contributed by atoms with Gasteiger partial charge in [0.05, 0.1) is 25.2 Å². The minimum absolute atomic E-state index is 0.0169. The van der Waals surface area contributed by atoms with E-state index in [4.69, 9.17) is 11.6 Å². The lowest BCUT2D eigenvalue weighted by atomic mass is 10.3. The molecule has 3 aromatic rings. The van der Waals surface area contributed by atoms with Gasteiger partial charge in [0.25, 0.3) is 10.0 Å². The van der Waals surface area contributed by atoms with E-state index in [2.05, 4.69) is 30.4 Å². The summed E-state index contributed by atoms with van der Waals surface area (Å²) in [5, 5.41) is 6.01. The molecule has 12 nitrogen and oxygen atoms in total. The standard InChI is InChI=1S/C22H22ClF3N6O6S2/c1-21(2,3)39(34,35)16-7-6-14(40(36,37)32(4)38-20(33)22(24,25)26)9-15(16)30-18-10-19(29-12-28-18)31-17-8-5-13(23)11-27-17/h5-12H,1-4H3,(H2,27,28,29,30,31). The summed E-state index contributed by atoms with van der Waals surface area (Å²) in [6, 6.07) is 7.20. The van der Waals surface area contributed by atoms with Gasteiger partial charge in [-0.15, -0.1) is 0 Å². The van der Waals surface area contributed by atoms with E-state index in [1.807, 2.05) is 0 Å². The number of nitrogens with zero attached hydrogens (tertiary/aromatic N) is 4. The van der Waals surface area contributed by atoms with Gasteiger partial charge in [-0.2, -0.15) is 13.2 Å². The maximum Gasteiger partial charge on any atom is 0.492 e. The number of hydroxylamine groups is 1. The van der Waals surface area contributed by atoms with Crippen LogP contribution >= 0.6 is 11.6 Å². The molecule has 18 heteroatoms. The molecule has 3 rings (SSSR count). The number of alkyl halides is 3. The van der Waals surface area contributed by atoms with Crippen molar-refractivity contribution in [1.29, 1.82) is 0 Å². The molecule has 2 aromatic heterocycles. The molecule has 0 saturated carbocycles. The summed E-state index contributed by atoms with van der Waals surface area (Å²) in [6.45, 7) is 4.27. The zero-order valence-corrected chi connectivity index (χ0v) is 23.6. The van der Waals surface area contributed by atoms with Crippen molar-refractivity contribution in [2.24, 2.45) is 0 Å². The van der Waals surface area contributed by atoms with E-state index in [1.165, 1.54) is 33.0 Å². The number of pyridine rings is 1. The van der Waals surface area contributed by atoms with Crippen molar-refractivity contribution < 1.29 is 39.6 Å². The van der Waals surface area contributed by atoms with Crippen LogP contribution in [0.2, 0.25) is 5.02 Å². The molecule has 0 unspecified atom stereocenters. The number of halogens is 4. The van der Waals surface area contributed by atoms with Crippen molar-refractivity contribution >= 4 is 60.6 Å². The van der Waals surface area contributed by atoms with Crippen molar-refractivity contribution in [2.75, 3.05) is 17.7 Å². The Morgan fingerprint density at radius 1 is 0.925 bits per heavy atom. The minimum Gasteiger partial charge on any atom is -0.345 e. The van der Waals surface area contributed by atoms with Gasteiger partial charge < -0.3 is 15.5 Å². The number of anilines is 4. The number of hydrogen-bond donors (Lipinski definition) is 2. The number of carbonyl (C=O) groups excluding carboxylic acids is 1. The Labute approximate surface area is 232 Å². The molecule has 0 aliphatic heterocycles. The summed E-state index contributed by atoms with van der Waals surface area (Å²) < 4.78 is 88.5. The average molecular weight is 623 g/mol. The van der Waals surface area contributed by atoms with Crippen LogP contribution in [0.5, 0.6) is 0 Å². The van der Waals surface area contributed by atoms with Gasteiger partial charge in [-0.3, -0.25) is 0 Å². The molecule has 40 heavy (non-hydrogen) atoms. The molecule has 2 heterocycles. The number of hydrogen-bond acceptors (Lipinski definition) is 11. The Hall–Kier alpha value is -3.54. The third-order valence-electron chi connectivity index (χ3n) is 5.04. The number of rotatable bonds is 8. The highest BCUT2D eigenvalue weighted by Crippen LogP contribution is 2.35. The van der Waals surface area contributed by atoms with Crippen LogP contribution in [0.3, 0.4) is 0 Å². The van der Waals surface area contributed by atoms with Crippen molar-refractivity contribution in [3.63, 3.8) is 0 Å². The highest BCUT2D eigenvalue weighted by Gasteiger charge is 2.44. The van der Waals surface area contributed by atoms with Crippen LogP contribution < -0.4 is 10.6 Å². The number of nitrogens with one attached hydrogen (secondary N) is 2. The zero-order valence-electron chi connectivity index (χ0n) is 21.2. The summed E-state index contributed by atoms with van der Waals surface area (Å²) in [7, 11) is -8.38. The van der Waals surface area contributed by atoms with E-state index >= 15 is 0 Å². The molecular formula is C22H22ClF3N6O6S2. The molecule has 0 spiro atoms. The highest BCUT2D eigenvalue weighted by atomic mass is 35.5. The van der Waals surface area contributed by atoms with Gasteiger partial charge in [0.2, 0.25) is 0 Å². The molecule has 1 aromatic carbocycles. The molecule has 0 fully saturated rings. The van der Waals surface area contributed by atoms with Crippen LogP contribution in [0.4, 0.5) is 36.3 Å². The molecule has 0 atom stereocenters. The summed E-state index contributed by atoms with van der Waals surface area (Å²) in [5.41, 5.74) is -0.277. The fraction of sp³-hybridized carbons (Fsp3) is 0.273. The maximum absolute atomic E-state index is 13.3. The second-order valence-electron chi connectivity index (χ2n) is 8.97. The highest BCUT2D eigenvalue weighted by molar-refractivity contribution is 7.93. The van der Waals surface area contributed by atoms with Gasteiger partial charge in [-0.25, -0.2) is 36.6 Å². The van der Waals surface area contributed by atoms with E-state index in [9.17, 15) is 34.8 Å². The molecule has 0 bridgehead atoms. The smallest absolute Gasteiger partial charge is 0.345 e. The van der Waals surface area contributed by atoms with Gasteiger partial charge in [0.1, 0.15) is 23.8 Å². The largest absolute Gasteiger partial charge is 0.492 e. The number of sulfone groups is 1. The number of sulfonamides is 1. The Bertz CT molecular complexity index is 1630. The van der Waals surface area contributed by atoms with Crippen molar-refractivity contribution in [1.82, 2.24) is 19.4 Å². The first kappa shape index (κ1) is 31.0. The van der Waals surface area contributed by atoms with Crippen LogP contribution in [0.1, 0.15) is 20.8 Å². The van der Waals surface area contributed by atoms with Crippen LogP contribution in [0.15, 0.2) is 58.7 Å². The van der Waals surface area contributed by atoms with Gasteiger partial charge in [-0.1, -0.05) is 11.6 Å². The average Bonchev–Trinajstić information content (AvgIpc) is 2.84. The van der Waals surface area contributed by atoms with Gasteiger partial charge >= 0.3 is 12.1 Å². The van der Waals surface area contributed by atoms with Crippen molar-refractivity contribution in [3.8, 4) is 0 Å². The first-order chi connectivity index (χ1) is 18.3. The van der Waals surface area contributed by atoms with E-state index in [-0.39, 0.29) is 26.7 Å². The molecule has 0 saturated heterocycles. The maximum atomic E-state index is 13.3. The molecule has 2 N–H and O–H groups in total. The lowest BCUT2D eigenvalue weighted by Gasteiger charge is -2.23. The third kappa shape index (κ3) is 6.96. The topological polar surface area (TPSA) is 161 Å². The lowest BCUT2D eigenvalue weighted by molar-refractivity contribution is -0.219. The Kier molecular flexibility index (Phi) is 8.64. The number of carbonyl (C=O) groups is 1. The summed E-state index contributed by atoms with van der Waals surface area (Å²) in [5.74, 6) is -2.16. The van der Waals surface area contributed by atoms with Crippen LogP contribution in [-0.2, 0) is 29.5 Å². The van der Waals surface area contributed by atoms with E-state index in [1.54, 1.807) is 12.1 Å². The SMILES string of the molecule is CN(OC(=O)C(F)(F)F)S(=O)(=O)c1ccc(S(=O)(=O)C(C)(C)C)c(Nc2cc(Nc3ccc(Cl)cn3)ncn2)c1. The molecule has 0 aliphatic rings. The van der Waals surface area contributed by atoms with Crippen LogP contribution in [-0.4, -0.2) is 60.2 Å². The molecular weight excluding hydrogens is 601 g/mol. The third-order valence-corrected chi connectivity index (χ3v) is 9.41. The summed E-state index contributed by atoms with van der Waals surface area (Å²) >= 11 is 5.83. The van der Waals surface area contributed by atoms with E-state index in [0.717, 1.165) is 24.5 Å². The van der Waals surface area contributed by atoms with E-state index < -0.39 is 41.6 Å². The predicted molar refractivity (Wildman–Crippen MR) is 138 cm³/mol. The normalized spacial score (nSPS) is 12.7. The predicted octanol–water partition coefficient (Wildman–Crippen LogP) is 4.23. The second-order valence-corrected chi connectivity index (χ2v) is 14.0. The van der Waals surface area contributed by atoms with Gasteiger partial charge in [0, 0.05) is 19.3 Å². The van der Waals surface area contributed by atoms with Crippen LogP contribution in [0, 0.1) is 0 Å². The Morgan fingerprint density at radius 3 is 2.10 bits per heavy atom. The fourth-order valence-electron chi connectivity index (χ4n) is 2.91. The van der Waals surface area contributed by atoms with E-state index in [0.29, 0.717) is 17.9 Å². The Morgan fingerprint density at radius 2 is 1.55 bits per heavy atom. The number of benzene rings is 1. The van der Waals surface area contributed by atoms with Gasteiger partial charge in [0.15, 0.2) is 9.84 Å². The van der Waals surface area contributed by atoms with Gasteiger partial charge in [-0.05, 0) is 55.6 Å². The monoisotopic (exact) mass is 622 g/mol. The first-order valence-electron chi connectivity index (χ1n) is 11.0. The number of aromatic nitrogens is 3. The molecule has 0 amide bonds. The minimum atomic E-state index is -5.46. The molecule has 0 aliphatic carbocycles. The molecule has 0 radical (unpaired) electrons.